The number of benzene rings is 2. The molecule has 3 heterocycles. The summed E-state index contributed by atoms with van der Waals surface area (Å²) in [5.74, 6) is -5.39. The molecule has 3 amide bonds. The minimum Gasteiger partial charge on any atom is -0.348 e. The van der Waals surface area contributed by atoms with Crippen molar-refractivity contribution in [2.45, 2.75) is 44.2 Å². The van der Waals surface area contributed by atoms with E-state index in [1.54, 1.807) is 24.3 Å². The van der Waals surface area contributed by atoms with E-state index in [1.807, 2.05) is 13.8 Å². The van der Waals surface area contributed by atoms with Crippen LogP contribution < -0.4 is 5.32 Å². The second kappa shape index (κ2) is 9.55. The Balaban J connectivity index is 1.47. The van der Waals surface area contributed by atoms with Gasteiger partial charge >= 0.3 is 0 Å². The average molecular weight is 541 g/mol. The number of rotatable bonds is 6. The zero-order valence-electron chi connectivity index (χ0n) is 21.6. The van der Waals surface area contributed by atoms with Gasteiger partial charge in [0.2, 0.25) is 11.8 Å². The van der Waals surface area contributed by atoms with Crippen molar-refractivity contribution in [3.05, 3.63) is 65.1 Å². The highest BCUT2D eigenvalue weighted by Gasteiger charge is 2.56. The van der Waals surface area contributed by atoms with Crippen LogP contribution in [0.1, 0.15) is 42.7 Å². The molecule has 2 aromatic carbocycles. The monoisotopic (exact) mass is 540 g/mol. The van der Waals surface area contributed by atoms with Crippen LogP contribution in [0.3, 0.4) is 0 Å². The number of anilines is 1. The number of para-hydroxylation sites is 1. The van der Waals surface area contributed by atoms with Crippen molar-refractivity contribution in [1.29, 1.82) is 0 Å². The number of amides is 3. The van der Waals surface area contributed by atoms with Crippen molar-refractivity contribution >= 4 is 40.6 Å². The number of aromatic amines is 1. The maximum Gasteiger partial charge on any atom is 0.270 e. The Morgan fingerprint density at radius 3 is 2.59 bits per heavy atom. The summed E-state index contributed by atoms with van der Waals surface area (Å²) in [6.07, 6.45) is 0.951. The van der Waals surface area contributed by atoms with Gasteiger partial charge < -0.3 is 24.9 Å². The van der Waals surface area contributed by atoms with E-state index < -0.39 is 52.3 Å². The molecule has 0 aliphatic carbocycles. The number of H-pyrrole nitrogens is 1. The van der Waals surface area contributed by atoms with Gasteiger partial charge in [-0.2, -0.15) is 0 Å². The molecule has 39 heavy (non-hydrogen) atoms. The first kappa shape index (κ1) is 26.5. The van der Waals surface area contributed by atoms with Crippen LogP contribution in [-0.2, 0) is 19.8 Å². The molecule has 204 valence electrons. The minimum absolute atomic E-state index is 0.0448. The van der Waals surface area contributed by atoms with E-state index >= 15 is 0 Å². The fraction of sp³-hybridized carbons (Fsp3) is 0.357. The van der Waals surface area contributed by atoms with Gasteiger partial charge in [-0.25, -0.2) is 13.2 Å². The number of likely N-dealkylation sites (tertiary alicyclic amines) is 1. The number of nitrogens with one attached hydrogen (secondary N) is 2. The Labute approximate surface area is 222 Å². The molecule has 3 atom stereocenters. The smallest absolute Gasteiger partial charge is 0.270 e. The molecule has 0 saturated carbocycles. The molecule has 3 aromatic rings. The quantitative estimate of drug-likeness (QED) is 0.367. The normalized spacial score (nSPS) is 20.9. The molecule has 2 aliphatic rings. The number of nitrogens with zero attached hydrogens (tertiary/aromatic N) is 2. The molecular formula is C28H27F3N4O4. The molecule has 8 nitrogen and oxygen atoms in total. The van der Waals surface area contributed by atoms with Gasteiger partial charge in [0.15, 0.2) is 11.6 Å². The van der Waals surface area contributed by atoms with Gasteiger partial charge in [0.1, 0.15) is 23.8 Å². The summed E-state index contributed by atoms with van der Waals surface area (Å²) in [5, 5.41) is 2.53. The lowest BCUT2D eigenvalue weighted by molar-refractivity contribution is -0.139. The van der Waals surface area contributed by atoms with Crippen molar-refractivity contribution in [3.63, 3.8) is 0 Å². The van der Waals surface area contributed by atoms with E-state index in [0.29, 0.717) is 23.6 Å². The van der Waals surface area contributed by atoms with Crippen LogP contribution >= 0.6 is 0 Å². The number of carbonyl (C=O) groups is 4. The molecule has 0 radical (unpaired) electrons. The van der Waals surface area contributed by atoms with Crippen molar-refractivity contribution in [1.82, 2.24) is 14.8 Å². The standard InChI is InChI=1S/C28H27F3N4O4/c1-14(2)8-22(34(3)25(37)21-9-16-18(29)10-19(30)23(31)24(16)32-21)26(38)35-13-28(11-15(35)12-36)17-6-4-5-7-20(17)33-27(28)39/h4-7,9-10,12,14-15,22,32H,8,11,13H2,1-3H3,(H,33,39)/t15-,22-,28-/m0/s1. The average Bonchev–Trinajstić information content (AvgIpc) is 3.60. The van der Waals surface area contributed by atoms with Crippen LogP contribution in [-0.4, -0.2) is 64.5 Å². The van der Waals surface area contributed by atoms with Crippen LogP contribution in [0, 0.1) is 23.4 Å². The van der Waals surface area contributed by atoms with Gasteiger partial charge in [0, 0.05) is 30.7 Å². The Bertz CT molecular complexity index is 1520. The zero-order valence-corrected chi connectivity index (χ0v) is 21.6. The predicted octanol–water partition coefficient (Wildman–Crippen LogP) is 3.76. The molecule has 1 spiro atoms. The Kier molecular flexibility index (Phi) is 6.48. The third-order valence-electron chi connectivity index (χ3n) is 7.72. The molecule has 1 saturated heterocycles. The number of hydrogen-bond donors (Lipinski definition) is 2. The molecule has 5 rings (SSSR count). The van der Waals surface area contributed by atoms with E-state index in [2.05, 4.69) is 10.3 Å². The number of hydrogen-bond acceptors (Lipinski definition) is 4. The number of aldehydes is 1. The van der Waals surface area contributed by atoms with Crippen LogP contribution in [0.4, 0.5) is 18.9 Å². The fourth-order valence-electron chi connectivity index (χ4n) is 5.73. The highest BCUT2D eigenvalue weighted by atomic mass is 19.2. The topological polar surface area (TPSA) is 103 Å². The van der Waals surface area contributed by atoms with Crippen molar-refractivity contribution < 1.29 is 32.3 Å². The maximum atomic E-state index is 14.3. The summed E-state index contributed by atoms with van der Waals surface area (Å²) in [4.78, 5) is 57.6. The fourth-order valence-corrected chi connectivity index (χ4v) is 5.73. The van der Waals surface area contributed by atoms with Gasteiger partial charge in [0.25, 0.3) is 5.91 Å². The molecule has 2 aliphatic heterocycles. The molecule has 0 bridgehead atoms. The van der Waals surface area contributed by atoms with Crippen LogP contribution in [0.15, 0.2) is 36.4 Å². The molecule has 11 heteroatoms. The molecule has 2 N–H and O–H groups in total. The first-order valence-electron chi connectivity index (χ1n) is 12.6. The van der Waals surface area contributed by atoms with E-state index in [-0.39, 0.29) is 42.3 Å². The largest absolute Gasteiger partial charge is 0.348 e. The predicted molar refractivity (Wildman–Crippen MR) is 136 cm³/mol. The highest BCUT2D eigenvalue weighted by Crippen LogP contribution is 2.46. The summed E-state index contributed by atoms with van der Waals surface area (Å²) in [7, 11) is 1.38. The second-order valence-corrected chi connectivity index (χ2v) is 10.6. The highest BCUT2D eigenvalue weighted by molar-refractivity contribution is 6.08. The third kappa shape index (κ3) is 4.16. The molecule has 1 fully saturated rings. The number of fused-ring (bicyclic) bond motifs is 3. The van der Waals surface area contributed by atoms with E-state index in [0.717, 1.165) is 11.0 Å². The second-order valence-electron chi connectivity index (χ2n) is 10.6. The molecule has 1 aromatic heterocycles. The van der Waals surface area contributed by atoms with Crippen LogP contribution in [0.5, 0.6) is 0 Å². The lowest BCUT2D eigenvalue weighted by Gasteiger charge is -2.33. The first-order valence-corrected chi connectivity index (χ1v) is 12.6. The Morgan fingerprint density at radius 1 is 1.18 bits per heavy atom. The molecule has 0 unspecified atom stereocenters. The number of carbonyl (C=O) groups excluding carboxylic acids is 4. The van der Waals surface area contributed by atoms with Gasteiger partial charge in [0.05, 0.1) is 17.0 Å². The summed E-state index contributed by atoms with van der Waals surface area (Å²) >= 11 is 0. The van der Waals surface area contributed by atoms with Gasteiger partial charge in [-0.05, 0) is 36.5 Å². The van der Waals surface area contributed by atoms with Crippen LogP contribution in [0.25, 0.3) is 10.9 Å². The first-order chi connectivity index (χ1) is 18.5. The maximum absolute atomic E-state index is 14.3. The Hall–Kier alpha value is -4.15. The van der Waals surface area contributed by atoms with Crippen LogP contribution in [0.2, 0.25) is 0 Å². The van der Waals surface area contributed by atoms with Crippen molar-refractivity contribution in [2.75, 3.05) is 18.9 Å². The van der Waals surface area contributed by atoms with Crippen molar-refractivity contribution in [3.8, 4) is 0 Å². The molecular weight excluding hydrogens is 513 g/mol. The van der Waals surface area contributed by atoms with Gasteiger partial charge in [-0.3, -0.25) is 14.4 Å². The minimum atomic E-state index is -1.40. The summed E-state index contributed by atoms with van der Waals surface area (Å²) in [6.45, 7) is 3.67. The zero-order chi connectivity index (χ0) is 28.2. The van der Waals surface area contributed by atoms with E-state index in [4.69, 9.17) is 0 Å². The Morgan fingerprint density at radius 2 is 1.90 bits per heavy atom. The summed E-state index contributed by atoms with van der Waals surface area (Å²) < 4.78 is 42.2. The van der Waals surface area contributed by atoms with E-state index in [1.165, 1.54) is 11.9 Å². The van der Waals surface area contributed by atoms with Gasteiger partial charge in [-0.1, -0.05) is 32.0 Å². The number of aromatic nitrogens is 1. The van der Waals surface area contributed by atoms with E-state index in [9.17, 15) is 32.3 Å². The third-order valence-corrected chi connectivity index (χ3v) is 7.72. The van der Waals surface area contributed by atoms with Gasteiger partial charge in [-0.15, -0.1) is 0 Å². The summed E-state index contributed by atoms with van der Waals surface area (Å²) in [5.41, 5.74) is -0.492. The SMILES string of the molecule is CC(C)C[C@@H](C(=O)N1C[C@]2(C[C@H]1C=O)C(=O)Nc1ccccc12)N(C)C(=O)c1cc2c(F)cc(F)c(F)c2[nH]1. The summed E-state index contributed by atoms with van der Waals surface area (Å²) in [6, 6.07) is 6.64. The van der Waals surface area contributed by atoms with Crippen molar-refractivity contribution in [2.24, 2.45) is 5.92 Å². The number of likely N-dealkylation sites (N-methyl/N-ethyl adjacent to an activating group) is 1. The lowest BCUT2D eigenvalue weighted by Crippen LogP contribution is -2.52. The number of halogens is 3. The lowest BCUT2D eigenvalue weighted by atomic mass is 9.80.